The molecule has 1 saturated heterocycles. The molecule has 4 rings (SSSR count). The molecule has 0 atom stereocenters. The first kappa shape index (κ1) is 24.4. The van der Waals surface area contributed by atoms with E-state index in [4.69, 9.17) is 9.47 Å². The molecule has 10 heteroatoms. The largest absolute Gasteiger partial charge is 0.494 e. The molecule has 2 aromatic heterocycles. The fourth-order valence-electron chi connectivity index (χ4n) is 4.30. The van der Waals surface area contributed by atoms with Crippen LogP contribution in [0.1, 0.15) is 37.4 Å². The van der Waals surface area contributed by atoms with Crippen LogP contribution in [0.5, 0.6) is 5.75 Å². The molecule has 35 heavy (non-hydrogen) atoms. The zero-order valence-electron chi connectivity index (χ0n) is 20.4. The van der Waals surface area contributed by atoms with Gasteiger partial charge in [-0.3, -0.25) is 9.59 Å². The van der Waals surface area contributed by atoms with Gasteiger partial charge >= 0.3 is 5.97 Å². The third-order valence-corrected chi connectivity index (χ3v) is 6.07. The van der Waals surface area contributed by atoms with Crippen LogP contribution < -0.4 is 9.64 Å². The van der Waals surface area contributed by atoms with Crippen molar-refractivity contribution in [3.63, 3.8) is 0 Å². The van der Waals surface area contributed by atoms with Crippen LogP contribution in [0.2, 0.25) is 0 Å². The van der Waals surface area contributed by atoms with E-state index in [1.807, 2.05) is 42.2 Å². The standard InChI is InChI=1S/C25H32N6O4/c1-3-34-23(33)12-11-21-19(2)28-25-26-18-27-31(25)24(21)30-15-13-29(14-16-30)22(32)10-7-17-35-20-8-5-4-6-9-20/h4-6,8-9,18H,3,7,10-17H2,1-2H3. The van der Waals surface area contributed by atoms with Gasteiger partial charge in [-0.25, -0.2) is 4.98 Å². The predicted molar refractivity (Wildman–Crippen MR) is 130 cm³/mol. The number of benzene rings is 1. The molecule has 3 heterocycles. The highest BCUT2D eigenvalue weighted by atomic mass is 16.5. The number of anilines is 1. The van der Waals surface area contributed by atoms with E-state index in [1.165, 1.54) is 6.33 Å². The second-order valence-electron chi connectivity index (χ2n) is 8.41. The van der Waals surface area contributed by atoms with Gasteiger partial charge < -0.3 is 19.3 Å². The van der Waals surface area contributed by atoms with Crippen LogP contribution in [0.3, 0.4) is 0 Å². The lowest BCUT2D eigenvalue weighted by molar-refractivity contribution is -0.143. The Hall–Kier alpha value is -3.69. The van der Waals surface area contributed by atoms with E-state index in [1.54, 1.807) is 11.4 Å². The Bertz CT molecular complexity index is 1140. The average Bonchev–Trinajstić information content (AvgIpc) is 3.34. The van der Waals surface area contributed by atoms with Crippen molar-refractivity contribution in [2.45, 2.75) is 39.5 Å². The summed E-state index contributed by atoms with van der Waals surface area (Å²) in [6.07, 6.45) is 3.39. The highest BCUT2D eigenvalue weighted by molar-refractivity contribution is 5.76. The van der Waals surface area contributed by atoms with Crippen molar-refractivity contribution in [2.75, 3.05) is 44.3 Å². The average molecular weight is 481 g/mol. The Morgan fingerprint density at radius 3 is 2.57 bits per heavy atom. The molecule has 0 saturated carbocycles. The maximum Gasteiger partial charge on any atom is 0.306 e. The van der Waals surface area contributed by atoms with Gasteiger partial charge in [0.1, 0.15) is 17.9 Å². The lowest BCUT2D eigenvalue weighted by Gasteiger charge is -2.37. The molecule has 10 nitrogen and oxygen atoms in total. The molecule has 3 aromatic rings. The van der Waals surface area contributed by atoms with E-state index in [2.05, 4.69) is 20.0 Å². The van der Waals surface area contributed by atoms with E-state index in [0.29, 0.717) is 64.4 Å². The minimum atomic E-state index is -0.233. The van der Waals surface area contributed by atoms with Crippen molar-refractivity contribution >= 4 is 23.5 Å². The summed E-state index contributed by atoms with van der Waals surface area (Å²) in [6.45, 7) is 7.17. The van der Waals surface area contributed by atoms with Crippen LogP contribution in [-0.2, 0) is 20.7 Å². The van der Waals surface area contributed by atoms with Gasteiger partial charge in [-0.05, 0) is 38.8 Å². The van der Waals surface area contributed by atoms with Crippen LogP contribution in [0.15, 0.2) is 36.7 Å². The Balaban J connectivity index is 1.36. The minimum Gasteiger partial charge on any atom is -0.494 e. The zero-order valence-corrected chi connectivity index (χ0v) is 20.4. The van der Waals surface area contributed by atoms with E-state index in [9.17, 15) is 9.59 Å². The monoisotopic (exact) mass is 480 g/mol. The third kappa shape index (κ3) is 6.06. The van der Waals surface area contributed by atoms with E-state index in [-0.39, 0.29) is 18.3 Å². The third-order valence-electron chi connectivity index (χ3n) is 6.07. The number of fused-ring (bicyclic) bond motifs is 1. The van der Waals surface area contributed by atoms with Gasteiger partial charge in [-0.2, -0.15) is 14.6 Å². The lowest BCUT2D eigenvalue weighted by Crippen LogP contribution is -2.49. The van der Waals surface area contributed by atoms with Crippen LogP contribution in [0, 0.1) is 6.92 Å². The summed E-state index contributed by atoms with van der Waals surface area (Å²) in [5, 5.41) is 4.38. The molecule has 0 N–H and O–H groups in total. The number of aromatic nitrogens is 4. The maximum absolute atomic E-state index is 12.7. The number of rotatable bonds is 10. The lowest BCUT2D eigenvalue weighted by atomic mass is 10.1. The molecule has 0 spiro atoms. The summed E-state index contributed by atoms with van der Waals surface area (Å²) < 4.78 is 12.5. The molecule has 0 aliphatic carbocycles. The van der Waals surface area contributed by atoms with Gasteiger partial charge in [0, 0.05) is 50.3 Å². The van der Waals surface area contributed by atoms with Gasteiger partial charge in [0.15, 0.2) is 0 Å². The molecule has 0 radical (unpaired) electrons. The van der Waals surface area contributed by atoms with Gasteiger partial charge in [0.25, 0.3) is 5.78 Å². The fourth-order valence-corrected chi connectivity index (χ4v) is 4.30. The maximum atomic E-state index is 12.7. The van der Waals surface area contributed by atoms with Crippen LogP contribution in [0.4, 0.5) is 5.82 Å². The second kappa shape index (κ2) is 11.6. The highest BCUT2D eigenvalue weighted by Gasteiger charge is 2.26. The normalized spacial score (nSPS) is 13.8. The number of ether oxygens (including phenoxy) is 2. The van der Waals surface area contributed by atoms with Crippen LogP contribution >= 0.6 is 0 Å². The number of amides is 1. The van der Waals surface area contributed by atoms with E-state index < -0.39 is 0 Å². The van der Waals surface area contributed by atoms with Gasteiger partial charge in [0.2, 0.25) is 5.91 Å². The van der Waals surface area contributed by atoms with Gasteiger partial charge in [-0.15, -0.1) is 0 Å². The summed E-state index contributed by atoms with van der Waals surface area (Å²) in [6, 6.07) is 9.63. The van der Waals surface area contributed by atoms with Crippen molar-refractivity contribution in [2.24, 2.45) is 0 Å². The summed E-state index contributed by atoms with van der Waals surface area (Å²) in [7, 11) is 0. The molecule has 0 bridgehead atoms. The molecule has 1 aliphatic heterocycles. The summed E-state index contributed by atoms with van der Waals surface area (Å²) >= 11 is 0. The molecule has 0 unspecified atom stereocenters. The Labute approximate surface area is 204 Å². The number of carbonyl (C=O) groups is 2. The number of aryl methyl sites for hydroxylation is 1. The molecular formula is C25H32N6O4. The first-order valence-electron chi connectivity index (χ1n) is 12.1. The van der Waals surface area contributed by atoms with Crippen LogP contribution in [-0.4, -0.2) is 75.8 Å². The molecule has 1 fully saturated rings. The first-order valence-corrected chi connectivity index (χ1v) is 12.1. The second-order valence-corrected chi connectivity index (χ2v) is 8.41. The number of para-hydroxylation sites is 1. The highest BCUT2D eigenvalue weighted by Crippen LogP contribution is 2.26. The van der Waals surface area contributed by atoms with Crippen molar-refractivity contribution in [1.82, 2.24) is 24.5 Å². The van der Waals surface area contributed by atoms with Crippen LogP contribution in [0.25, 0.3) is 5.78 Å². The Morgan fingerprint density at radius 1 is 1.06 bits per heavy atom. The van der Waals surface area contributed by atoms with Crippen molar-refractivity contribution in [1.29, 1.82) is 0 Å². The molecule has 1 amide bonds. The summed E-state index contributed by atoms with van der Waals surface area (Å²) in [5.74, 6) is 2.13. The molecular weight excluding hydrogens is 448 g/mol. The fraction of sp³-hybridized carbons (Fsp3) is 0.480. The van der Waals surface area contributed by atoms with Gasteiger partial charge in [0.05, 0.1) is 13.2 Å². The Morgan fingerprint density at radius 2 is 1.83 bits per heavy atom. The SMILES string of the molecule is CCOC(=O)CCc1c(C)nc2ncnn2c1N1CCN(C(=O)CCCOc2ccccc2)CC1. The Kier molecular flexibility index (Phi) is 8.12. The van der Waals surface area contributed by atoms with E-state index >= 15 is 0 Å². The van der Waals surface area contributed by atoms with Crippen molar-refractivity contribution in [3.8, 4) is 5.75 Å². The van der Waals surface area contributed by atoms with Crippen molar-refractivity contribution in [3.05, 3.63) is 47.9 Å². The first-order chi connectivity index (χ1) is 17.1. The van der Waals surface area contributed by atoms with E-state index in [0.717, 1.165) is 22.8 Å². The van der Waals surface area contributed by atoms with Crippen molar-refractivity contribution < 1.29 is 19.1 Å². The number of esters is 1. The number of hydrogen-bond donors (Lipinski definition) is 0. The molecule has 186 valence electrons. The number of piperazine rings is 1. The number of hydrogen-bond acceptors (Lipinski definition) is 8. The number of nitrogens with zero attached hydrogens (tertiary/aromatic N) is 6. The predicted octanol–water partition coefficient (Wildman–Crippen LogP) is 2.44. The molecule has 1 aliphatic rings. The summed E-state index contributed by atoms with van der Waals surface area (Å²) in [5.41, 5.74) is 1.77. The quantitative estimate of drug-likeness (QED) is 0.322. The van der Waals surface area contributed by atoms with Gasteiger partial charge in [-0.1, -0.05) is 18.2 Å². The smallest absolute Gasteiger partial charge is 0.306 e. The zero-order chi connectivity index (χ0) is 24.6. The number of carbonyl (C=O) groups excluding carboxylic acids is 2. The topological polar surface area (TPSA) is 102 Å². The summed E-state index contributed by atoms with van der Waals surface area (Å²) in [4.78, 5) is 37.7. The molecule has 1 aromatic carbocycles. The minimum absolute atomic E-state index is 0.139.